The molecule has 1 aromatic heterocycles. The number of nitrogens with one attached hydrogen (secondary N) is 1. The summed E-state index contributed by atoms with van der Waals surface area (Å²) >= 11 is 1.23. The van der Waals surface area contributed by atoms with Crippen LogP contribution in [-0.2, 0) is 4.79 Å². The van der Waals surface area contributed by atoms with Crippen LogP contribution in [0.25, 0.3) is 0 Å². The van der Waals surface area contributed by atoms with Crippen LogP contribution in [0.1, 0.15) is 42.6 Å². The Labute approximate surface area is 103 Å². The highest BCUT2D eigenvalue weighted by atomic mass is 32.1. The molecule has 6 heteroatoms. The molecule has 0 bridgehead atoms. The van der Waals surface area contributed by atoms with Gasteiger partial charge in [0.25, 0.3) is 5.91 Å². The summed E-state index contributed by atoms with van der Waals surface area (Å²) in [5, 5.41) is 4.76. The van der Waals surface area contributed by atoms with E-state index in [0.717, 1.165) is 25.7 Å². The van der Waals surface area contributed by atoms with Crippen molar-refractivity contribution in [2.45, 2.75) is 32.1 Å². The number of thiazole rings is 1. The van der Waals surface area contributed by atoms with Gasteiger partial charge in [-0.05, 0) is 12.8 Å². The topological polar surface area (TPSA) is 85.1 Å². The molecule has 0 atom stereocenters. The van der Waals surface area contributed by atoms with Crippen molar-refractivity contribution in [2.24, 2.45) is 11.7 Å². The summed E-state index contributed by atoms with van der Waals surface area (Å²) in [5.74, 6) is -0.473. The number of carbonyl (C=O) groups is 2. The van der Waals surface area contributed by atoms with E-state index in [4.69, 9.17) is 5.73 Å². The molecule has 1 aliphatic carbocycles. The average molecular weight is 253 g/mol. The lowest BCUT2D eigenvalue weighted by Crippen LogP contribution is -2.24. The van der Waals surface area contributed by atoms with Gasteiger partial charge in [-0.3, -0.25) is 9.59 Å². The molecule has 2 rings (SSSR count). The van der Waals surface area contributed by atoms with Gasteiger partial charge in [0.05, 0.1) is 0 Å². The van der Waals surface area contributed by atoms with Crippen molar-refractivity contribution in [2.75, 3.05) is 5.32 Å². The number of nitrogens with zero attached hydrogens (tertiary/aromatic N) is 1. The fourth-order valence-corrected chi connectivity index (χ4v) is 2.72. The second kappa shape index (κ2) is 5.27. The van der Waals surface area contributed by atoms with Gasteiger partial charge in [0.15, 0.2) is 5.13 Å². The first kappa shape index (κ1) is 12.0. The van der Waals surface area contributed by atoms with Crippen LogP contribution >= 0.6 is 11.3 Å². The Hall–Kier alpha value is -1.43. The third-order valence-corrected chi connectivity index (χ3v) is 3.72. The summed E-state index contributed by atoms with van der Waals surface area (Å²) in [4.78, 5) is 26.7. The molecule has 3 N–H and O–H groups in total. The standard InChI is InChI=1S/C11H15N3O2S/c12-9(15)8-6-17-11(13-8)14-10(16)7-4-2-1-3-5-7/h6-7H,1-5H2,(H2,12,15)(H,13,14,16). The van der Waals surface area contributed by atoms with Crippen LogP contribution in [0.5, 0.6) is 0 Å². The zero-order valence-electron chi connectivity index (χ0n) is 9.44. The largest absolute Gasteiger partial charge is 0.364 e. The summed E-state index contributed by atoms with van der Waals surface area (Å²) in [6, 6.07) is 0. The van der Waals surface area contributed by atoms with E-state index in [0.29, 0.717) is 5.13 Å². The van der Waals surface area contributed by atoms with Crippen LogP contribution in [0.4, 0.5) is 5.13 Å². The maximum Gasteiger partial charge on any atom is 0.268 e. The van der Waals surface area contributed by atoms with Crippen molar-refractivity contribution in [3.63, 3.8) is 0 Å². The van der Waals surface area contributed by atoms with Gasteiger partial charge in [0.2, 0.25) is 5.91 Å². The SMILES string of the molecule is NC(=O)c1csc(NC(=O)C2CCCCC2)n1. The second-order valence-corrected chi connectivity index (χ2v) is 5.08. The Kier molecular flexibility index (Phi) is 3.73. The molecule has 1 aliphatic rings. The van der Waals surface area contributed by atoms with Gasteiger partial charge in [-0.2, -0.15) is 0 Å². The van der Waals surface area contributed by atoms with Gasteiger partial charge in [-0.15, -0.1) is 11.3 Å². The smallest absolute Gasteiger partial charge is 0.268 e. The van der Waals surface area contributed by atoms with Gasteiger partial charge in [0, 0.05) is 11.3 Å². The van der Waals surface area contributed by atoms with Crippen LogP contribution in [0.2, 0.25) is 0 Å². The number of carbonyl (C=O) groups excluding carboxylic acids is 2. The molecule has 1 saturated carbocycles. The Bertz CT molecular complexity index is 424. The number of anilines is 1. The number of amides is 2. The lowest BCUT2D eigenvalue weighted by atomic mass is 9.89. The fourth-order valence-electron chi connectivity index (χ4n) is 2.02. The van der Waals surface area contributed by atoms with Gasteiger partial charge in [0.1, 0.15) is 5.69 Å². The maximum absolute atomic E-state index is 11.9. The molecule has 1 fully saturated rings. The van der Waals surface area contributed by atoms with Gasteiger partial charge in [-0.1, -0.05) is 19.3 Å². The van der Waals surface area contributed by atoms with Crippen molar-refractivity contribution < 1.29 is 9.59 Å². The van der Waals surface area contributed by atoms with E-state index < -0.39 is 5.91 Å². The third-order valence-electron chi connectivity index (χ3n) is 2.96. The Morgan fingerprint density at radius 2 is 2.06 bits per heavy atom. The Morgan fingerprint density at radius 3 is 2.65 bits per heavy atom. The molecule has 2 amide bonds. The molecule has 0 aliphatic heterocycles. The van der Waals surface area contributed by atoms with Crippen molar-refractivity contribution >= 4 is 28.3 Å². The lowest BCUT2D eigenvalue weighted by molar-refractivity contribution is -0.120. The molecule has 0 saturated heterocycles. The second-order valence-electron chi connectivity index (χ2n) is 4.23. The van der Waals surface area contributed by atoms with Crippen LogP contribution in [-0.4, -0.2) is 16.8 Å². The summed E-state index contributed by atoms with van der Waals surface area (Å²) in [6.07, 6.45) is 5.33. The van der Waals surface area contributed by atoms with Crippen LogP contribution < -0.4 is 11.1 Å². The van der Waals surface area contributed by atoms with E-state index >= 15 is 0 Å². The predicted octanol–water partition coefficient (Wildman–Crippen LogP) is 1.76. The van der Waals surface area contributed by atoms with E-state index in [1.165, 1.54) is 17.8 Å². The average Bonchev–Trinajstić information content (AvgIpc) is 2.79. The first-order valence-corrected chi connectivity index (χ1v) is 6.61. The van der Waals surface area contributed by atoms with Crippen molar-refractivity contribution in [1.29, 1.82) is 0 Å². The summed E-state index contributed by atoms with van der Waals surface area (Å²) < 4.78 is 0. The van der Waals surface area contributed by atoms with E-state index in [1.54, 1.807) is 5.38 Å². The monoisotopic (exact) mass is 253 g/mol. The highest BCUT2D eigenvalue weighted by molar-refractivity contribution is 7.14. The molecule has 0 unspecified atom stereocenters. The summed E-state index contributed by atoms with van der Waals surface area (Å²) in [5.41, 5.74) is 5.30. The fraction of sp³-hybridized carbons (Fsp3) is 0.545. The molecule has 0 spiro atoms. The van der Waals surface area contributed by atoms with Crippen LogP contribution in [0.15, 0.2) is 5.38 Å². The first-order valence-electron chi connectivity index (χ1n) is 5.73. The molecular weight excluding hydrogens is 238 g/mol. The summed E-state index contributed by atoms with van der Waals surface area (Å²) in [7, 11) is 0. The summed E-state index contributed by atoms with van der Waals surface area (Å²) in [6.45, 7) is 0. The minimum absolute atomic E-state index is 0.00932. The number of aromatic nitrogens is 1. The molecule has 17 heavy (non-hydrogen) atoms. The lowest BCUT2D eigenvalue weighted by Gasteiger charge is -2.19. The molecule has 0 aromatic carbocycles. The number of rotatable bonds is 3. The zero-order valence-corrected chi connectivity index (χ0v) is 10.3. The van der Waals surface area contributed by atoms with Crippen molar-refractivity contribution in [1.82, 2.24) is 4.98 Å². The predicted molar refractivity (Wildman–Crippen MR) is 65.8 cm³/mol. The molecule has 5 nitrogen and oxygen atoms in total. The quantitative estimate of drug-likeness (QED) is 0.860. The highest BCUT2D eigenvalue weighted by Crippen LogP contribution is 2.25. The zero-order chi connectivity index (χ0) is 12.3. The number of primary amides is 1. The Morgan fingerprint density at radius 1 is 1.35 bits per heavy atom. The van der Waals surface area contributed by atoms with Crippen molar-refractivity contribution in [3.05, 3.63) is 11.1 Å². The minimum Gasteiger partial charge on any atom is -0.364 e. The third kappa shape index (κ3) is 3.03. The molecule has 92 valence electrons. The molecule has 1 aromatic rings. The molecule has 1 heterocycles. The normalized spacial score (nSPS) is 16.7. The number of hydrogen-bond acceptors (Lipinski definition) is 4. The number of nitrogens with two attached hydrogens (primary N) is 1. The van der Waals surface area contributed by atoms with E-state index in [9.17, 15) is 9.59 Å². The Balaban J connectivity index is 1.94. The van der Waals surface area contributed by atoms with Crippen molar-refractivity contribution in [3.8, 4) is 0 Å². The first-order chi connectivity index (χ1) is 8.16. The minimum atomic E-state index is -0.570. The van der Waals surface area contributed by atoms with Gasteiger partial charge < -0.3 is 11.1 Å². The van der Waals surface area contributed by atoms with Gasteiger partial charge in [-0.25, -0.2) is 4.98 Å². The van der Waals surface area contributed by atoms with Crippen LogP contribution in [0, 0.1) is 5.92 Å². The van der Waals surface area contributed by atoms with E-state index in [-0.39, 0.29) is 17.5 Å². The van der Waals surface area contributed by atoms with E-state index in [2.05, 4.69) is 10.3 Å². The highest BCUT2D eigenvalue weighted by Gasteiger charge is 2.22. The van der Waals surface area contributed by atoms with Gasteiger partial charge >= 0.3 is 0 Å². The van der Waals surface area contributed by atoms with Crippen LogP contribution in [0.3, 0.4) is 0 Å². The maximum atomic E-state index is 11.9. The molecular formula is C11H15N3O2S. The van der Waals surface area contributed by atoms with E-state index in [1.807, 2.05) is 0 Å². The molecule has 0 radical (unpaired) electrons. The number of hydrogen-bond donors (Lipinski definition) is 2.